The third kappa shape index (κ3) is 5.94. The smallest absolute Gasteiger partial charge is 0.295 e. The first-order valence-corrected chi connectivity index (χ1v) is 15.0. The summed E-state index contributed by atoms with van der Waals surface area (Å²) in [5.41, 5.74) is -2.68. The zero-order valence-corrected chi connectivity index (χ0v) is 21.2. The number of nitrogens with one attached hydrogen (secondary N) is 1. The number of hydrogen-bond acceptors (Lipinski definition) is 11. The van der Waals surface area contributed by atoms with E-state index in [-0.39, 0.29) is 6.07 Å². The van der Waals surface area contributed by atoms with Gasteiger partial charge in [0, 0.05) is 17.5 Å². The van der Waals surface area contributed by atoms with Gasteiger partial charge in [0.05, 0.1) is 26.0 Å². The minimum Gasteiger partial charge on any atom is -0.321 e. The Morgan fingerprint density at radius 3 is 1.66 bits per heavy atom. The predicted molar refractivity (Wildman–Crippen MR) is 124 cm³/mol. The van der Waals surface area contributed by atoms with Crippen molar-refractivity contribution in [1.82, 2.24) is 0 Å². The topological polar surface area (TPSA) is 290 Å². The second kappa shape index (κ2) is 9.32. The molecule has 0 bridgehead atoms. The maximum absolute atomic E-state index is 12.9. The van der Waals surface area contributed by atoms with Gasteiger partial charge in [-0.2, -0.15) is 33.7 Å². The van der Waals surface area contributed by atoms with E-state index in [1.54, 1.807) is 0 Å². The molecule has 0 saturated carbocycles. The van der Waals surface area contributed by atoms with Gasteiger partial charge in [-0.15, -0.1) is 0 Å². The molecule has 3 rings (SSSR count). The van der Waals surface area contributed by atoms with E-state index in [0.29, 0.717) is 36.4 Å². The highest BCUT2D eigenvalue weighted by Crippen LogP contribution is 2.36. The van der Waals surface area contributed by atoms with Gasteiger partial charge in [0.15, 0.2) is 0 Å². The molecular formula is C17H12N2O15S4. The summed E-state index contributed by atoms with van der Waals surface area (Å²) in [4.78, 5) is 18.1. The molecule has 0 aromatic heterocycles. The fourth-order valence-corrected chi connectivity index (χ4v) is 5.87. The van der Waals surface area contributed by atoms with Gasteiger partial charge in [0.2, 0.25) is 0 Å². The highest BCUT2D eigenvalue weighted by Gasteiger charge is 2.28. The summed E-state index contributed by atoms with van der Waals surface area (Å²) in [6.45, 7) is 0. The van der Waals surface area contributed by atoms with Crippen molar-refractivity contribution in [2.75, 3.05) is 5.32 Å². The molecule has 0 unspecified atom stereocenters. The zero-order valence-electron chi connectivity index (χ0n) is 17.9. The molecule has 38 heavy (non-hydrogen) atoms. The molecule has 204 valence electrons. The number of benzene rings is 3. The SMILES string of the molecule is O=C(Nc1cc(S(=O)(=O)O)cc2cc(S(=O)(=O)O)cc(S(=O)(=O)O)c12)c1ccc([N+](=O)[O-])cc1S(=O)(=O)O. The van der Waals surface area contributed by atoms with Crippen molar-refractivity contribution in [3.8, 4) is 0 Å². The van der Waals surface area contributed by atoms with E-state index >= 15 is 0 Å². The first-order valence-electron chi connectivity index (χ1n) is 9.22. The van der Waals surface area contributed by atoms with Crippen LogP contribution in [0, 0.1) is 10.1 Å². The van der Waals surface area contributed by atoms with Crippen LogP contribution in [0.2, 0.25) is 0 Å². The lowest BCUT2D eigenvalue weighted by Gasteiger charge is -2.15. The van der Waals surface area contributed by atoms with Crippen LogP contribution in [0.3, 0.4) is 0 Å². The second-order valence-corrected chi connectivity index (χ2v) is 12.9. The lowest BCUT2D eigenvalue weighted by molar-refractivity contribution is -0.385. The highest BCUT2D eigenvalue weighted by atomic mass is 32.2. The summed E-state index contributed by atoms with van der Waals surface area (Å²) >= 11 is 0. The Labute approximate surface area is 212 Å². The summed E-state index contributed by atoms with van der Waals surface area (Å²) in [5, 5.41) is 11.4. The molecule has 0 fully saturated rings. The Hall–Kier alpha value is -3.57. The van der Waals surface area contributed by atoms with Crippen LogP contribution in [0.15, 0.2) is 62.0 Å². The summed E-state index contributed by atoms with van der Waals surface area (Å²) in [6, 6.07) is 3.34. The standard InChI is InChI=1S/C17H12N2O15S4/c20-17(12-2-1-9(19(21)22)5-14(12)37(29,30)31)18-13-6-10(35(23,24)25)3-8-4-11(36(26,27)28)7-15(16(8)13)38(32,33)34/h1-7H,(H,18,20)(H,23,24,25)(H,26,27,28)(H,29,30,31)(H,32,33,34). The Kier molecular flexibility index (Phi) is 7.11. The lowest BCUT2D eigenvalue weighted by atomic mass is 10.1. The van der Waals surface area contributed by atoms with Crippen LogP contribution in [-0.4, -0.2) is 62.7 Å². The van der Waals surface area contributed by atoms with Crippen LogP contribution in [0.25, 0.3) is 10.8 Å². The van der Waals surface area contributed by atoms with Gasteiger partial charge in [-0.25, -0.2) is 0 Å². The van der Waals surface area contributed by atoms with Gasteiger partial charge in [-0.05, 0) is 35.7 Å². The molecule has 0 aliphatic heterocycles. The number of carbonyl (C=O) groups excluding carboxylic acids is 1. The van der Waals surface area contributed by atoms with E-state index in [9.17, 15) is 66.8 Å². The fraction of sp³-hybridized carbons (Fsp3) is 0. The van der Waals surface area contributed by atoms with Crippen molar-refractivity contribution in [2.45, 2.75) is 19.6 Å². The highest BCUT2D eigenvalue weighted by molar-refractivity contribution is 7.87. The van der Waals surface area contributed by atoms with Gasteiger partial charge < -0.3 is 5.32 Å². The molecular weight excluding hydrogens is 600 g/mol. The minimum absolute atomic E-state index is 0.255. The van der Waals surface area contributed by atoms with Crippen molar-refractivity contribution in [1.29, 1.82) is 0 Å². The predicted octanol–water partition coefficient (Wildman–Crippen LogP) is 0.987. The zero-order chi connectivity index (χ0) is 29.0. The molecule has 0 aliphatic carbocycles. The van der Waals surface area contributed by atoms with Crippen LogP contribution in [0.1, 0.15) is 10.4 Å². The number of non-ortho nitro benzene ring substituents is 1. The van der Waals surface area contributed by atoms with E-state index in [4.69, 9.17) is 0 Å². The molecule has 1 amide bonds. The maximum Gasteiger partial charge on any atom is 0.295 e. The number of fused-ring (bicyclic) bond motifs is 1. The van der Waals surface area contributed by atoms with Crippen LogP contribution in [-0.2, 0) is 40.5 Å². The molecule has 3 aromatic carbocycles. The van der Waals surface area contributed by atoms with E-state index < -0.39 is 98.6 Å². The Morgan fingerprint density at radius 2 is 1.21 bits per heavy atom. The third-order valence-corrected chi connectivity index (χ3v) is 8.21. The van der Waals surface area contributed by atoms with Crippen LogP contribution in [0.4, 0.5) is 11.4 Å². The van der Waals surface area contributed by atoms with Crippen molar-refractivity contribution in [2.24, 2.45) is 0 Å². The molecule has 21 heteroatoms. The average Bonchev–Trinajstić information content (AvgIpc) is 2.75. The van der Waals surface area contributed by atoms with Crippen molar-refractivity contribution in [3.63, 3.8) is 0 Å². The number of carbonyl (C=O) groups is 1. The number of nitro benzene ring substituents is 1. The van der Waals surface area contributed by atoms with Gasteiger partial charge >= 0.3 is 0 Å². The molecule has 0 atom stereocenters. The van der Waals surface area contributed by atoms with Crippen LogP contribution >= 0.6 is 0 Å². The van der Waals surface area contributed by atoms with E-state index in [0.717, 1.165) is 0 Å². The van der Waals surface area contributed by atoms with E-state index in [2.05, 4.69) is 0 Å². The molecule has 0 spiro atoms. The number of amides is 1. The fourth-order valence-electron chi connectivity index (χ4n) is 3.24. The first kappa shape index (κ1) is 29.0. The molecule has 3 aromatic rings. The normalized spacial score (nSPS) is 12.8. The number of anilines is 1. The Balaban J connectivity index is 2.41. The lowest BCUT2D eigenvalue weighted by Crippen LogP contribution is -2.18. The summed E-state index contributed by atoms with van der Waals surface area (Å²) in [6.07, 6.45) is 0. The Morgan fingerprint density at radius 1 is 0.711 bits per heavy atom. The number of nitro groups is 1. The number of rotatable bonds is 7. The largest absolute Gasteiger partial charge is 0.321 e. The quantitative estimate of drug-likeness (QED) is 0.141. The summed E-state index contributed by atoms with van der Waals surface area (Å²) in [5.74, 6) is -1.53. The molecule has 0 radical (unpaired) electrons. The first-order chi connectivity index (χ1) is 17.1. The molecule has 17 nitrogen and oxygen atoms in total. The molecule has 0 saturated heterocycles. The van der Waals surface area contributed by atoms with Gasteiger partial charge in [0.1, 0.15) is 9.79 Å². The maximum atomic E-state index is 12.9. The van der Waals surface area contributed by atoms with Crippen molar-refractivity contribution in [3.05, 3.63) is 58.1 Å². The van der Waals surface area contributed by atoms with Crippen LogP contribution in [0.5, 0.6) is 0 Å². The molecule has 0 heterocycles. The van der Waals surface area contributed by atoms with Crippen LogP contribution < -0.4 is 5.32 Å². The van der Waals surface area contributed by atoms with Gasteiger partial charge in [0.25, 0.3) is 52.1 Å². The molecule has 5 N–H and O–H groups in total. The van der Waals surface area contributed by atoms with Crippen molar-refractivity contribution >= 4 is 68.5 Å². The molecule has 0 aliphatic rings. The average molecular weight is 613 g/mol. The second-order valence-electron chi connectivity index (χ2n) is 7.28. The summed E-state index contributed by atoms with van der Waals surface area (Å²) in [7, 11) is -21.0. The number of hydrogen-bond donors (Lipinski definition) is 5. The van der Waals surface area contributed by atoms with Gasteiger partial charge in [-0.1, -0.05) is 0 Å². The Bertz CT molecular complexity index is 1980. The van der Waals surface area contributed by atoms with E-state index in [1.807, 2.05) is 5.32 Å². The van der Waals surface area contributed by atoms with E-state index in [1.165, 1.54) is 0 Å². The van der Waals surface area contributed by atoms with Gasteiger partial charge in [-0.3, -0.25) is 33.1 Å². The van der Waals surface area contributed by atoms with Crippen molar-refractivity contribution < 1.29 is 61.6 Å². The summed E-state index contributed by atoms with van der Waals surface area (Å²) < 4.78 is 132. The third-order valence-electron chi connectivity index (χ3n) is 4.78. The minimum atomic E-state index is -5.38. The number of nitrogens with zero attached hydrogens (tertiary/aromatic N) is 1. The monoisotopic (exact) mass is 612 g/mol.